The quantitative estimate of drug-likeness (QED) is 0.722. The molecule has 0 bridgehead atoms. The van der Waals surface area contributed by atoms with Crippen LogP contribution < -0.4 is 5.32 Å². The summed E-state index contributed by atoms with van der Waals surface area (Å²) >= 11 is 0. The molecule has 3 heteroatoms. The second-order valence-electron chi connectivity index (χ2n) is 4.20. The number of hydrogen-bond donors (Lipinski definition) is 2. The lowest BCUT2D eigenvalue weighted by atomic mass is 9.76. The van der Waals surface area contributed by atoms with Crippen molar-refractivity contribution in [3.8, 4) is 0 Å². The first kappa shape index (κ1) is 8.75. The topological polar surface area (TPSA) is 40.7 Å². The predicted molar refractivity (Wildman–Crippen MR) is 52.6 cm³/mol. The van der Waals surface area contributed by atoms with E-state index in [-0.39, 0.29) is 0 Å². The van der Waals surface area contributed by atoms with Crippen LogP contribution in [-0.4, -0.2) is 23.3 Å². The van der Waals surface area contributed by atoms with Crippen LogP contribution in [-0.2, 0) is 0 Å². The lowest BCUT2D eigenvalue weighted by Gasteiger charge is -2.28. The fourth-order valence-electron chi connectivity index (χ4n) is 2.19. The van der Waals surface area contributed by atoms with Gasteiger partial charge in [0.15, 0.2) is 0 Å². The summed E-state index contributed by atoms with van der Waals surface area (Å²) in [5, 5.41) is 10.5. The Hall–Kier alpha value is -0.830. The van der Waals surface area contributed by atoms with E-state index in [4.69, 9.17) is 0 Å². The van der Waals surface area contributed by atoms with Crippen molar-refractivity contribution in [3.05, 3.63) is 18.0 Å². The van der Waals surface area contributed by atoms with E-state index in [2.05, 4.69) is 35.4 Å². The largest absolute Gasteiger partial charge is 0.315 e. The zero-order chi connectivity index (χ0) is 9.31. The highest BCUT2D eigenvalue weighted by atomic mass is 15.1. The zero-order valence-corrected chi connectivity index (χ0v) is 8.30. The lowest BCUT2D eigenvalue weighted by molar-refractivity contribution is 0.304. The van der Waals surface area contributed by atoms with Crippen LogP contribution >= 0.6 is 0 Å². The molecular weight excluding hydrogens is 162 g/mol. The van der Waals surface area contributed by atoms with E-state index >= 15 is 0 Å². The molecule has 0 radical (unpaired) electrons. The number of nitrogens with one attached hydrogen (secondary N) is 2. The molecule has 2 atom stereocenters. The maximum Gasteiger partial charge on any atom is 0.0490 e. The number of H-pyrrole nitrogens is 1. The van der Waals surface area contributed by atoms with Gasteiger partial charge in [-0.25, -0.2) is 0 Å². The van der Waals surface area contributed by atoms with Gasteiger partial charge in [0.1, 0.15) is 0 Å². The van der Waals surface area contributed by atoms with Crippen molar-refractivity contribution in [2.75, 3.05) is 13.1 Å². The zero-order valence-electron chi connectivity index (χ0n) is 8.30. The van der Waals surface area contributed by atoms with Gasteiger partial charge in [0.05, 0.1) is 0 Å². The minimum absolute atomic E-state index is 0.395. The third kappa shape index (κ3) is 1.37. The van der Waals surface area contributed by atoms with E-state index < -0.39 is 0 Å². The van der Waals surface area contributed by atoms with E-state index in [0.29, 0.717) is 11.3 Å². The first-order valence-electron chi connectivity index (χ1n) is 4.96. The molecule has 1 fully saturated rings. The minimum atomic E-state index is 0.395. The Morgan fingerprint density at radius 2 is 2.54 bits per heavy atom. The average molecular weight is 179 g/mol. The molecule has 72 valence electrons. The Labute approximate surface area is 78.9 Å². The maximum atomic E-state index is 4.01. The van der Waals surface area contributed by atoms with Gasteiger partial charge in [-0.05, 0) is 17.9 Å². The first-order valence-corrected chi connectivity index (χ1v) is 4.96. The molecule has 0 saturated carbocycles. The molecule has 3 nitrogen and oxygen atoms in total. The molecule has 0 amide bonds. The molecule has 13 heavy (non-hydrogen) atoms. The third-order valence-corrected chi connectivity index (χ3v) is 3.42. The molecule has 1 aliphatic heterocycles. The number of aromatic amines is 1. The molecule has 1 saturated heterocycles. The summed E-state index contributed by atoms with van der Waals surface area (Å²) in [5.41, 5.74) is 1.67. The van der Waals surface area contributed by atoms with Crippen molar-refractivity contribution in [1.82, 2.24) is 15.5 Å². The number of aromatic nitrogens is 2. The highest BCUT2D eigenvalue weighted by Crippen LogP contribution is 2.40. The minimum Gasteiger partial charge on any atom is -0.315 e. The van der Waals surface area contributed by atoms with Gasteiger partial charge >= 0.3 is 0 Å². The number of hydrogen-bond acceptors (Lipinski definition) is 2. The number of nitrogens with zero attached hydrogens (tertiary/aromatic N) is 1. The van der Waals surface area contributed by atoms with Crippen LogP contribution in [0.2, 0.25) is 0 Å². The normalized spacial score (nSPS) is 33.8. The molecule has 1 aromatic rings. The second-order valence-corrected chi connectivity index (χ2v) is 4.20. The smallest absolute Gasteiger partial charge is 0.0490 e. The summed E-state index contributed by atoms with van der Waals surface area (Å²) < 4.78 is 0. The molecule has 0 aliphatic carbocycles. The van der Waals surface area contributed by atoms with Gasteiger partial charge in [0.2, 0.25) is 0 Å². The van der Waals surface area contributed by atoms with E-state index in [1.54, 1.807) is 0 Å². The number of rotatable bonds is 2. The Morgan fingerprint density at radius 1 is 1.69 bits per heavy atom. The van der Waals surface area contributed by atoms with Gasteiger partial charge in [-0.3, -0.25) is 5.10 Å². The van der Waals surface area contributed by atoms with Gasteiger partial charge in [-0.2, -0.15) is 5.10 Å². The molecule has 1 aromatic heterocycles. The van der Waals surface area contributed by atoms with Gasteiger partial charge in [-0.1, -0.05) is 13.8 Å². The summed E-state index contributed by atoms with van der Waals surface area (Å²) in [5.74, 6) is 0.597. The van der Waals surface area contributed by atoms with Crippen molar-refractivity contribution >= 4 is 0 Å². The summed E-state index contributed by atoms with van der Waals surface area (Å²) in [6, 6.07) is 2.09. The van der Waals surface area contributed by atoms with Crippen LogP contribution in [0.4, 0.5) is 0 Å². The van der Waals surface area contributed by atoms with Crippen molar-refractivity contribution in [1.29, 1.82) is 0 Å². The van der Waals surface area contributed by atoms with Crippen molar-refractivity contribution < 1.29 is 0 Å². The molecule has 1 aliphatic rings. The van der Waals surface area contributed by atoms with Gasteiger partial charge < -0.3 is 5.32 Å². The average Bonchev–Trinajstić information content (AvgIpc) is 2.73. The highest BCUT2D eigenvalue weighted by Gasteiger charge is 2.38. The standard InChI is InChI=1S/C10H17N3/c1-3-10(2)7-11-6-8(10)9-4-5-12-13-9/h4-5,8,11H,3,6-7H2,1-2H3,(H,12,13)/t8-,10-/m1/s1. The fourth-order valence-corrected chi connectivity index (χ4v) is 2.19. The van der Waals surface area contributed by atoms with Crippen LogP contribution in [0.1, 0.15) is 31.9 Å². The summed E-state index contributed by atoms with van der Waals surface area (Å²) in [6.07, 6.45) is 3.05. The van der Waals surface area contributed by atoms with E-state index in [9.17, 15) is 0 Å². The molecule has 2 heterocycles. The van der Waals surface area contributed by atoms with Crippen molar-refractivity contribution in [2.24, 2.45) is 5.41 Å². The summed E-state index contributed by atoms with van der Waals surface area (Å²) in [6.45, 7) is 6.80. The molecule has 2 N–H and O–H groups in total. The molecule has 2 rings (SSSR count). The fraction of sp³-hybridized carbons (Fsp3) is 0.700. The summed E-state index contributed by atoms with van der Waals surface area (Å²) in [4.78, 5) is 0. The van der Waals surface area contributed by atoms with E-state index in [1.165, 1.54) is 12.1 Å². The van der Waals surface area contributed by atoms with Crippen LogP contribution in [0.5, 0.6) is 0 Å². The molecule has 0 spiro atoms. The Morgan fingerprint density at radius 3 is 3.15 bits per heavy atom. The van der Waals surface area contributed by atoms with Crippen LogP contribution in [0.3, 0.4) is 0 Å². The van der Waals surface area contributed by atoms with E-state index in [0.717, 1.165) is 13.1 Å². The van der Waals surface area contributed by atoms with Gasteiger partial charge in [0.25, 0.3) is 0 Å². The van der Waals surface area contributed by atoms with Gasteiger partial charge in [-0.15, -0.1) is 0 Å². The Kier molecular flexibility index (Phi) is 2.12. The van der Waals surface area contributed by atoms with Crippen LogP contribution in [0, 0.1) is 5.41 Å². The Bertz CT molecular complexity index is 268. The Balaban J connectivity index is 2.24. The lowest BCUT2D eigenvalue weighted by Crippen LogP contribution is -2.24. The first-order chi connectivity index (χ1) is 6.26. The van der Waals surface area contributed by atoms with Crippen molar-refractivity contribution in [3.63, 3.8) is 0 Å². The molecule has 0 aromatic carbocycles. The summed E-state index contributed by atoms with van der Waals surface area (Å²) in [7, 11) is 0. The highest BCUT2D eigenvalue weighted by molar-refractivity contribution is 5.14. The SMILES string of the molecule is CC[C@]1(C)CNC[C@@H]1c1ccn[nH]1. The van der Waals surface area contributed by atoms with Crippen LogP contribution in [0.15, 0.2) is 12.3 Å². The third-order valence-electron chi connectivity index (χ3n) is 3.42. The molecular formula is C10H17N3. The predicted octanol–water partition coefficient (Wildman–Crippen LogP) is 1.51. The monoisotopic (exact) mass is 179 g/mol. The van der Waals surface area contributed by atoms with Gasteiger partial charge in [0, 0.05) is 30.9 Å². The van der Waals surface area contributed by atoms with Crippen molar-refractivity contribution in [2.45, 2.75) is 26.2 Å². The molecule has 0 unspecified atom stereocenters. The second kappa shape index (κ2) is 3.14. The maximum absolute atomic E-state index is 4.01. The van der Waals surface area contributed by atoms with E-state index in [1.807, 2.05) is 6.20 Å². The van der Waals surface area contributed by atoms with Crippen LogP contribution in [0.25, 0.3) is 0 Å².